The van der Waals surface area contributed by atoms with Crippen LogP contribution in [-0.2, 0) is 16.6 Å². The number of allylic oxidation sites excluding steroid dienone is 3. The highest BCUT2D eigenvalue weighted by Crippen LogP contribution is 2.57. The van der Waals surface area contributed by atoms with E-state index in [1.807, 2.05) is 21.1 Å². The van der Waals surface area contributed by atoms with Crippen LogP contribution < -0.4 is 0 Å². The van der Waals surface area contributed by atoms with E-state index in [1.165, 1.54) is 35.1 Å². The van der Waals surface area contributed by atoms with Gasteiger partial charge in [0.15, 0.2) is 0 Å². The number of likely N-dealkylation sites (N-methyl/N-ethyl adjacent to an activating group) is 1. The van der Waals surface area contributed by atoms with Crippen molar-refractivity contribution in [2.45, 2.75) is 83.8 Å². The van der Waals surface area contributed by atoms with Crippen molar-refractivity contribution in [3.05, 3.63) is 47.7 Å². The van der Waals surface area contributed by atoms with Gasteiger partial charge in [-0.05, 0) is 79.8 Å². The van der Waals surface area contributed by atoms with Crippen molar-refractivity contribution < 1.29 is 19.1 Å². The minimum atomic E-state index is -0.667. The average molecular weight is 549 g/mol. The second kappa shape index (κ2) is 11.4. The first-order valence-corrected chi connectivity index (χ1v) is 15.4. The fourth-order valence-corrected chi connectivity index (χ4v) is 8.10. The molecule has 0 spiro atoms. The Kier molecular flexibility index (Phi) is 8.32. The number of carbonyl (C=O) groups is 1. The highest BCUT2D eigenvalue weighted by Gasteiger charge is 2.48. The molecule has 0 radical (unpaired) electrons. The Bertz CT molecular complexity index is 1290. The van der Waals surface area contributed by atoms with Gasteiger partial charge in [0, 0.05) is 18.9 Å². The molecule has 0 bridgehead atoms. The Morgan fingerprint density at radius 3 is 2.75 bits per heavy atom. The van der Waals surface area contributed by atoms with E-state index in [1.54, 1.807) is 0 Å². The Morgan fingerprint density at radius 1 is 1.20 bits per heavy atom. The lowest BCUT2D eigenvalue weighted by atomic mass is 9.54. The van der Waals surface area contributed by atoms with E-state index in [0.29, 0.717) is 28.8 Å². The molecule has 6 unspecified atom stereocenters. The Balaban J connectivity index is 1.26. The molecule has 1 saturated carbocycles. The minimum Gasteiger partial charge on any atom is -0.462 e. The molecule has 1 aromatic carbocycles. The van der Waals surface area contributed by atoms with Gasteiger partial charge in [0.2, 0.25) is 0 Å². The summed E-state index contributed by atoms with van der Waals surface area (Å²) < 4.78 is 8.64. The third-order valence-electron chi connectivity index (χ3n) is 10.1. The molecule has 3 aliphatic rings. The number of esters is 1. The molecule has 3 aliphatic carbocycles. The van der Waals surface area contributed by atoms with Crippen LogP contribution in [0.4, 0.5) is 0 Å². The number of rotatable bonds is 6. The average Bonchev–Trinajstić information content (AvgIpc) is 3.23. The number of nitrogens with zero attached hydrogens (tertiary/aromatic N) is 3. The summed E-state index contributed by atoms with van der Waals surface area (Å²) >= 11 is 0. The molecule has 2 aromatic rings. The van der Waals surface area contributed by atoms with Gasteiger partial charge in [-0.3, -0.25) is 9.48 Å². The van der Waals surface area contributed by atoms with Crippen LogP contribution in [0, 0.1) is 23.2 Å². The number of aromatic nitrogens is 2. The SMILES string of the molecule is CC1CC=C(c2c3ccccc3nn2C)CCCC2C1CC=C1CC(OC(=O)CC(O)C[N+](C)(C)C)CCC12C. The van der Waals surface area contributed by atoms with E-state index in [0.717, 1.165) is 44.0 Å². The van der Waals surface area contributed by atoms with Crippen LogP contribution in [-0.4, -0.2) is 65.2 Å². The molecule has 1 fully saturated rings. The predicted octanol–water partition coefficient (Wildman–Crippen LogP) is 6.29. The number of aryl methyl sites for hydroxylation is 1. The van der Waals surface area contributed by atoms with Crippen LogP contribution in [0.25, 0.3) is 16.5 Å². The summed E-state index contributed by atoms with van der Waals surface area (Å²) in [5.74, 6) is 1.69. The molecule has 0 amide bonds. The lowest BCUT2D eigenvalue weighted by molar-refractivity contribution is -0.873. The lowest BCUT2D eigenvalue weighted by Gasteiger charge is -2.52. The number of hydrogen-bond donors (Lipinski definition) is 1. The highest BCUT2D eigenvalue weighted by molar-refractivity contribution is 5.90. The molecule has 6 atom stereocenters. The van der Waals surface area contributed by atoms with Crippen molar-refractivity contribution in [1.29, 1.82) is 0 Å². The van der Waals surface area contributed by atoms with Gasteiger partial charge in [-0.2, -0.15) is 5.10 Å². The standard InChI is InChI=1S/C34H50N3O3/c1-23-14-15-24(33-29-11-7-8-13-31(29)35-36(33)3)10-9-12-30-28(23)17-16-25-20-27(18-19-34(25,30)2)40-32(39)21-26(38)22-37(4,5)6/h7-8,11,13,15-16,23,26-28,30,38H,9-10,12,14,17-22H2,1-6H3/q+1. The number of quaternary nitrogens is 1. The number of aliphatic hydroxyl groups is 1. The molecule has 1 heterocycles. The van der Waals surface area contributed by atoms with E-state index in [4.69, 9.17) is 9.84 Å². The summed E-state index contributed by atoms with van der Waals surface area (Å²) in [7, 11) is 8.15. The van der Waals surface area contributed by atoms with Crippen LogP contribution >= 0.6 is 0 Å². The maximum absolute atomic E-state index is 12.7. The first-order valence-electron chi connectivity index (χ1n) is 15.4. The number of aliphatic hydroxyl groups excluding tert-OH is 1. The summed E-state index contributed by atoms with van der Waals surface area (Å²) in [6.45, 7) is 5.49. The molecule has 6 heteroatoms. The largest absolute Gasteiger partial charge is 0.462 e. The lowest BCUT2D eigenvalue weighted by Crippen LogP contribution is -2.45. The minimum absolute atomic E-state index is 0.0696. The topological polar surface area (TPSA) is 64.4 Å². The molecule has 40 heavy (non-hydrogen) atoms. The van der Waals surface area contributed by atoms with E-state index >= 15 is 0 Å². The summed E-state index contributed by atoms with van der Waals surface area (Å²) in [5.41, 5.74) is 5.48. The smallest absolute Gasteiger partial charge is 0.308 e. The predicted molar refractivity (Wildman–Crippen MR) is 161 cm³/mol. The maximum Gasteiger partial charge on any atom is 0.308 e. The molecule has 0 aliphatic heterocycles. The normalized spacial score (nSPS) is 30.2. The van der Waals surface area contributed by atoms with Crippen LogP contribution in [0.1, 0.15) is 77.3 Å². The maximum atomic E-state index is 12.7. The monoisotopic (exact) mass is 548 g/mol. The van der Waals surface area contributed by atoms with Gasteiger partial charge < -0.3 is 14.3 Å². The summed E-state index contributed by atoms with van der Waals surface area (Å²) in [6, 6.07) is 8.51. The molecule has 6 nitrogen and oxygen atoms in total. The molecule has 1 aromatic heterocycles. The van der Waals surface area contributed by atoms with Crippen molar-refractivity contribution in [3.63, 3.8) is 0 Å². The van der Waals surface area contributed by atoms with Gasteiger partial charge in [0.05, 0.1) is 38.8 Å². The van der Waals surface area contributed by atoms with E-state index in [-0.39, 0.29) is 23.9 Å². The van der Waals surface area contributed by atoms with E-state index in [2.05, 4.69) is 62.0 Å². The van der Waals surface area contributed by atoms with Gasteiger partial charge in [0.25, 0.3) is 0 Å². The number of carbonyl (C=O) groups excluding carboxylic acids is 1. The van der Waals surface area contributed by atoms with Crippen molar-refractivity contribution in [1.82, 2.24) is 9.78 Å². The molecule has 218 valence electrons. The Labute approximate surface area is 240 Å². The molecule has 1 N–H and O–H groups in total. The molecule has 0 saturated heterocycles. The third kappa shape index (κ3) is 6.08. The van der Waals surface area contributed by atoms with Gasteiger partial charge in [-0.1, -0.05) is 49.8 Å². The second-order valence-electron chi connectivity index (χ2n) is 14.2. The zero-order chi connectivity index (χ0) is 28.7. The van der Waals surface area contributed by atoms with Crippen molar-refractivity contribution in [2.75, 3.05) is 27.7 Å². The van der Waals surface area contributed by atoms with Gasteiger partial charge in [-0.25, -0.2) is 0 Å². The number of benzene rings is 1. The van der Waals surface area contributed by atoms with Crippen molar-refractivity contribution >= 4 is 22.4 Å². The number of hydrogen-bond acceptors (Lipinski definition) is 4. The first kappa shape index (κ1) is 29.1. The molecular formula is C34H50N3O3+. The van der Waals surface area contributed by atoms with Crippen molar-refractivity contribution in [3.8, 4) is 0 Å². The number of ether oxygens (including phenoxy) is 1. The number of fused-ring (bicyclic) bond motifs is 4. The molecule has 5 rings (SSSR count). The first-order chi connectivity index (χ1) is 18.9. The van der Waals surface area contributed by atoms with Gasteiger partial charge in [0.1, 0.15) is 18.8 Å². The fourth-order valence-electron chi connectivity index (χ4n) is 8.10. The zero-order valence-electron chi connectivity index (χ0n) is 25.5. The van der Waals surface area contributed by atoms with Crippen LogP contribution in [0.2, 0.25) is 0 Å². The summed E-state index contributed by atoms with van der Waals surface area (Å²) in [4.78, 5) is 12.7. The van der Waals surface area contributed by atoms with Crippen LogP contribution in [0.5, 0.6) is 0 Å². The second-order valence-corrected chi connectivity index (χ2v) is 14.2. The third-order valence-corrected chi connectivity index (χ3v) is 10.1. The fraction of sp³-hybridized carbons (Fsp3) is 0.647. The molecular weight excluding hydrogens is 498 g/mol. The Hall–Kier alpha value is -2.44. The zero-order valence-corrected chi connectivity index (χ0v) is 25.5. The van der Waals surface area contributed by atoms with Gasteiger partial charge >= 0.3 is 5.97 Å². The summed E-state index contributed by atoms with van der Waals surface area (Å²) in [5, 5.41) is 16.4. The van der Waals surface area contributed by atoms with E-state index < -0.39 is 6.10 Å². The van der Waals surface area contributed by atoms with Crippen molar-refractivity contribution in [2.24, 2.45) is 30.2 Å². The van der Waals surface area contributed by atoms with E-state index in [9.17, 15) is 9.90 Å². The highest BCUT2D eigenvalue weighted by atomic mass is 16.5. The quantitative estimate of drug-likeness (QED) is 0.262. The summed E-state index contributed by atoms with van der Waals surface area (Å²) in [6.07, 6.45) is 12.9. The Morgan fingerprint density at radius 2 is 1.98 bits per heavy atom. The van der Waals surface area contributed by atoms with Crippen LogP contribution in [0.15, 0.2) is 42.0 Å². The van der Waals surface area contributed by atoms with Crippen LogP contribution in [0.3, 0.4) is 0 Å². The van der Waals surface area contributed by atoms with Gasteiger partial charge in [-0.15, -0.1) is 0 Å².